The summed E-state index contributed by atoms with van der Waals surface area (Å²) >= 11 is 0. The van der Waals surface area contributed by atoms with E-state index in [9.17, 15) is 5.11 Å². The maximum absolute atomic E-state index is 9.71. The molecule has 5 heteroatoms. The van der Waals surface area contributed by atoms with Gasteiger partial charge in [0.05, 0.1) is 32.3 Å². The molecular formula is C15H20O5. The van der Waals surface area contributed by atoms with Crippen LogP contribution in [0.15, 0.2) is 30.3 Å². The van der Waals surface area contributed by atoms with Crippen LogP contribution >= 0.6 is 0 Å². The highest BCUT2D eigenvalue weighted by Gasteiger charge is 2.59. The molecule has 3 rings (SSSR count). The van der Waals surface area contributed by atoms with Crippen molar-refractivity contribution in [3.8, 4) is 0 Å². The first-order valence-corrected chi connectivity index (χ1v) is 6.84. The van der Waals surface area contributed by atoms with Gasteiger partial charge in [0.25, 0.3) is 0 Å². The third-order valence-corrected chi connectivity index (χ3v) is 4.04. The lowest BCUT2D eigenvalue weighted by atomic mass is 9.89. The van der Waals surface area contributed by atoms with Gasteiger partial charge < -0.3 is 24.1 Å². The second kappa shape index (κ2) is 5.79. The van der Waals surface area contributed by atoms with Crippen LogP contribution in [-0.2, 0) is 25.6 Å². The monoisotopic (exact) mass is 280 g/mol. The molecule has 0 amide bonds. The number of ether oxygens (including phenoxy) is 4. The summed E-state index contributed by atoms with van der Waals surface area (Å²) in [5.41, 5.74) is 0.290. The van der Waals surface area contributed by atoms with E-state index in [0.29, 0.717) is 19.8 Å². The Balaban J connectivity index is 1.73. The fourth-order valence-corrected chi connectivity index (χ4v) is 3.00. The van der Waals surface area contributed by atoms with Gasteiger partial charge in [-0.05, 0) is 5.56 Å². The van der Waals surface area contributed by atoms with E-state index in [2.05, 4.69) is 0 Å². The Morgan fingerprint density at radius 2 is 2.15 bits per heavy atom. The molecule has 0 saturated carbocycles. The van der Waals surface area contributed by atoms with Crippen molar-refractivity contribution in [2.75, 3.05) is 26.9 Å². The standard InChI is InChI=1S/C15H20O5/c1-17-14-12-8-18-10-15(9-16,20-14)13(12)19-7-11-5-3-2-4-6-11/h2-6,12-14,16H,7-10H2,1H3/t12-,13+,14+,15+/m1/s1. The van der Waals surface area contributed by atoms with E-state index in [4.69, 9.17) is 18.9 Å². The lowest BCUT2D eigenvalue weighted by Gasteiger charge is -2.36. The van der Waals surface area contributed by atoms with Crippen LogP contribution in [0.4, 0.5) is 0 Å². The smallest absolute Gasteiger partial charge is 0.165 e. The van der Waals surface area contributed by atoms with Gasteiger partial charge in [0.2, 0.25) is 0 Å². The molecule has 5 nitrogen and oxygen atoms in total. The average Bonchev–Trinajstić information content (AvgIpc) is 2.67. The fraction of sp³-hybridized carbons (Fsp3) is 0.600. The molecule has 1 aromatic rings. The number of benzene rings is 1. The quantitative estimate of drug-likeness (QED) is 0.870. The normalized spacial score (nSPS) is 36.2. The van der Waals surface area contributed by atoms with Crippen LogP contribution in [0.1, 0.15) is 5.56 Å². The van der Waals surface area contributed by atoms with Crippen LogP contribution in [0.25, 0.3) is 0 Å². The van der Waals surface area contributed by atoms with Crippen molar-refractivity contribution in [1.29, 1.82) is 0 Å². The van der Waals surface area contributed by atoms with E-state index in [1.54, 1.807) is 7.11 Å². The summed E-state index contributed by atoms with van der Waals surface area (Å²) in [6, 6.07) is 9.96. The molecule has 2 bridgehead atoms. The van der Waals surface area contributed by atoms with Gasteiger partial charge in [-0.25, -0.2) is 0 Å². The van der Waals surface area contributed by atoms with Crippen molar-refractivity contribution in [1.82, 2.24) is 0 Å². The highest BCUT2D eigenvalue weighted by atomic mass is 16.7. The fourth-order valence-electron chi connectivity index (χ4n) is 3.00. The highest BCUT2D eigenvalue weighted by Crippen LogP contribution is 2.42. The van der Waals surface area contributed by atoms with Gasteiger partial charge in [0.15, 0.2) is 6.29 Å². The summed E-state index contributed by atoms with van der Waals surface area (Å²) in [6.07, 6.45) is -0.600. The van der Waals surface area contributed by atoms with E-state index in [-0.39, 0.29) is 24.9 Å². The molecule has 20 heavy (non-hydrogen) atoms. The summed E-state index contributed by atoms with van der Waals surface area (Å²) in [4.78, 5) is 0. The first-order chi connectivity index (χ1) is 9.79. The Morgan fingerprint density at radius 1 is 1.35 bits per heavy atom. The van der Waals surface area contributed by atoms with Gasteiger partial charge in [-0.15, -0.1) is 0 Å². The van der Waals surface area contributed by atoms with Crippen molar-refractivity contribution in [3.05, 3.63) is 35.9 Å². The first kappa shape index (κ1) is 14.0. The molecule has 2 aliphatic rings. The Hall–Kier alpha value is -0.980. The number of hydrogen-bond donors (Lipinski definition) is 1. The minimum absolute atomic E-state index is 0.00962. The molecule has 0 radical (unpaired) electrons. The molecule has 1 aromatic carbocycles. The third-order valence-electron chi connectivity index (χ3n) is 4.04. The topological polar surface area (TPSA) is 57.2 Å². The SMILES string of the molecule is CO[C@H]1O[C@@]2(CO)COC[C@@H]1[C@@H]2OCc1ccccc1. The summed E-state index contributed by atoms with van der Waals surface area (Å²) < 4.78 is 22.7. The Morgan fingerprint density at radius 3 is 2.85 bits per heavy atom. The molecule has 0 aliphatic carbocycles. The molecule has 110 valence electrons. The van der Waals surface area contributed by atoms with Crippen molar-refractivity contribution in [2.24, 2.45) is 5.92 Å². The highest BCUT2D eigenvalue weighted by molar-refractivity contribution is 5.14. The predicted molar refractivity (Wildman–Crippen MR) is 71.0 cm³/mol. The zero-order valence-corrected chi connectivity index (χ0v) is 11.5. The maximum atomic E-state index is 9.71. The van der Waals surface area contributed by atoms with Crippen molar-refractivity contribution in [2.45, 2.75) is 24.6 Å². The van der Waals surface area contributed by atoms with Gasteiger partial charge in [0.1, 0.15) is 11.7 Å². The Kier molecular flexibility index (Phi) is 4.05. The zero-order valence-electron chi connectivity index (χ0n) is 11.5. The zero-order chi connectivity index (χ0) is 14.0. The molecule has 0 spiro atoms. The number of aliphatic hydroxyl groups excluding tert-OH is 1. The molecule has 0 unspecified atom stereocenters. The van der Waals surface area contributed by atoms with Gasteiger partial charge in [0, 0.05) is 7.11 Å². The molecule has 2 heterocycles. The Labute approximate surface area is 118 Å². The van der Waals surface area contributed by atoms with Crippen LogP contribution in [0.5, 0.6) is 0 Å². The van der Waals surface area contributed by atoms with Crippen LogP contribution in [0.3, 0.4) is 0 Å². The summed E-state index contributed by atoms with van der Waals surface area (Å²) in [5.74, 6) is -0.00962. The van der Waals surface area contributed by atoms with E-state index < -0.39 is 5.60 Å². The van der Waals surface area contributed by atoms with Crippen molar-refractivity contribution >= 4 is 0 Å². The maximum Gasteiger partial charge on any atom is 0.165 e. The second-order valence-electron chi connectivity index (χ2n) is 5.34. The van der Waals surface area contributed by atoms with E-state index in [0.717, 1.165) is 5.56 Å². The summed E-state index contributed by atoms with van der Waals surface area (Å²) in [6.45, 7) is 1.21. The third kappa shape index (κ3) is 2.36. The molecule has 2 fully saturated rings. The number of methoxy groups -OCH3 is 1. The van der Waals surface area contributed by atoms with Gasteiger partial charge >= 0.3 is 0 Å². The van der Waals surface area contributed by atoms with Crippen LogP contribution < -0.4 is 0 Å². The van der Waals surface area contributed by atoms with Crippen molar-refractivity contribution in [3.63, 3.8) is 0 Å². The largest absolute Gasteiger partial charge is 0.393 e. The van der Waals surface area contributed by atoms with E-state index in [1.807, 2.05) is 30.3 Å². The van der Waals surface area contributed by atoms with Gasteiger partial charge in [-0.1, -0.05) is 30.3 Å². The van der Waals surface area contributed by atoms with Crippen LogP contribution in [-0.4, -0.2) is 50.0 Å². The predicted octanol–water partition coefficient (Wildman–Crippen LogP) is 0.952. The minimum atomic E-state index is -0.807. The van der Waals surface area contributed by atoms with E-state index in [1.165, 1.54) is 0 Å². The molecule has 1 N–H and O–H groups in total. The first-order valence-electron chi connectivity index (χ1n) is 6.84. The number of rotatable bonds is 5. The van der Waals surface area contributed by atoms with E-state index >= 15 is 0 Å². The van der Waals surface area contributed by atoms with Crippen LogP contribution in [0.2, 0.25) is 0 Å². The average molecular weight is 280 g/mol. The molecule has 0 aromatic heterocycles. The van der Waals surface area contributed by atoms with Crippen molar-refractivity contribution < 1.29 is 24.1 Å². The molecular weight excluding hydrogens is 260 g/mol. The van der Waals surface area contributed by atoms with Gasteiger partial charge in [-0.2, -0.15) is 0 Å². The molecule has 2 aliphatic heterocycles. The number of hydrogen-bond acceptors (Lipinski definition) is 5. The lowest BCUT2D eigenvalue weighted by Crippen LogP contribution is -2.54. The number of aliphatic hydroxyl groups is 1. The molecule has 4 atom stereocenters. The van der Waals surface area contributed by atoms with Crippen LogP contribution in [0, 0.1) is 5.92 Å². The second-order valence-corrected chi connectivity index (χ2v) is 5.34. The Bertz CT molecular complexity index is 437. The summed E-state index contributed by atoms with van der Waals surface area (Å²) in [7, 11) is 1.60. The lowest BCUT2D eigenvalue weighted by molar-refractivity contribution is -0.199. The van der Waals surface area contributed by atoms with Gasteiger partial charge in [-0.3, -0.25) is 0 Å². The summed E-state index contributed by atoms with van der Waals surface area (Å²) in [5, 5.41) is 9.71. The number of fused-ring (bicyclic) bond motifs is 2. The minimum Gasteiger partial charge on any atom is -0.393 e. The molecule has 2 saturated heterocycles.